The van der Waals surface area contributed by atoms with Crippen molar-refractivity contribution >= 4 is 0 Å². The zero-order valence-electron chi connectivity index (χ0n) is 32.2. The molecule has 3 nitrogen and oxygen atoms in total. The molecule has 0 spiro atoms. The number of unbranched alkanes of at least 4 members (excludes halogenated alkanes) is 24. The Kier molecular flexibility index (Phi) is 40.6. The topological polar surface area (TPSA) is 18.5 Å². The molecule has 0 N–H and O–H groups in total. The molecule has 1 atom stereocenters. The van der Waals surface area contributed by atoms with Gasteiger partial charge in [-0.15, -0.1) is 0 Å². The van der Waals surface area contributed by atoms with Gasteiger partial charge >= 0.3 is 0 Å². The van der Waals surface area contributed by atoms with Crippen molar-refractivity contribution in [2.24, 2.45) is 0 Å². The number of halogens is 1. The smallest absolute Gasteiger partial charge is 0.130 e. The van der Waals surface area contributed by atoms with E-state index in [4.69, 9.17) is 9.47 Å². The van der Waals surface area contributed by atoms with Crippen molar-refractivity contribution in [2.45, 2.75) is 200 Å². The molecule has 0 aromatic rings. The van der Waals surface area contributed by atoms with Crippen LogP contribution in [-0.4, -0.2) is 58.1 Å². The SMILES string of the molecule is CCCCCCCC/C=C\CCCCCCCCOC[C@@H](C[N+](C)(C)C)OCCCCCCCC/C=C\CCCCCCCC.[Cl-]. The van der Waals surface area contributed by atoms with Gasteiger partial charge in [0.1, 0.15) is 12.6 Å². The molecule has 0 aliphatic heterocycles. The number of rotatable bonds is 37. The molecule has 0 aromatic carbocycles. The minimum atomic E-state index is 0. The van der Waals surface area contributed by atoms with Crippen molar-refractivity contribution in [3.8, 4) is 0 Å². The van der Waals surface area contributed by atoms with Gasteiger partial charge in [0, 0.05) is 13.2 Å². The van der Waals surface area contributed by atoms with E-state index in [1.165, 1.54) is 180 Å². The van der Waals surface area contributed by atoms with Gasteiger partial charge in [-0.25, -0.2) is 0 Å². The molecule has 0 aliphatic rings. The van der Waals surface area contributed by atoms with Crippen LogP contribution < -0.4 is 12.4 Å². The molecule has 0 saturated heterocycles. The first-order valence-corrected chi connectivity index (χ1v) is 20.3. The summed E-state index contributed by atoms with van der Waals surface area (Å²) in [6.45, 7) is 8.10. The van der Waals surface area contributed by atoms with Crippen LogP contribution in [0.4, 0.5) is 0 Å². The van der Waals surface area contributed by atoms with Gasteiger partial charge in [-0.2, -0.15) is 0 Å². The first-order valence-electron chi connectivity index (χ1n) is 20.3. The van der Waals surface area contributed by atoms with Crippen molar-refractivity contribution in [1.29, 1.82) is 0 Å². The number of ether oxygens (including phenoxy) is 2. The fourth-order valence-corrected chi connectivity index (χ4v) is 6.03. The highest BCUT2D eigenvalue weighted by atomic mass is 35.5. The zero-order valence-corrected chi connectivity index (χ0v) is 32.9. The van der Waals surface area contributed by atoms with Crippen LogP contribution in [-0.2, 0) is 9.47 Å². The molecule has 0 heterocycles. The van der Waals surface area contributed by atoms with Gasteiger partial charge in [-0.05, 0) is 64.2 Å². The lowest BCUT2D eigenvalue weighted by atomic mass is 10.1. The van der Waals surface area contributed by atoms with Gasteiger partial charge in [-0.3, -0.25) is 0 Å². The molecule has 0 fully saturated rings. The molecular weight excluding hydrogens is 586 g/mol. The van der Waals surface area contributed by atoms with E-state index >= 15 is 0 Å². The lowest BCUT2D eigenvalue weighted by Crippen LogP contribution is -3.00. The predicted molar refractivity (Wildman–Crippen MR) is 202 cm³/mol. The molecule has 0 aromatic heterocycles. The van der Waals surface area contributed by atoms with E-state index in [0.717, 1.165) is 30.8 Å². The monoisotopic (exact) mass is 670 g/mol. The van der Waals surface area contributed by atoms with Gasteiger partial charge in [-0.1, -0.05) is 154 Å². The highest BCUT2D eigenvalue weighted by Crippen LogP contribution is 2.12. The molecule has 4 heteroatoms. The van der Waals surface area contributed by atoms with Crippen molar-refractivity contribution in [1.82, 2.24) is 0 Å². The Hall–Kier alpha value is -0.350. The summed E-state index contributed by atoms with van der Waals surface area (Å²) in [5.74, 6) is 0. The Labute approximate surface area is 297 Å². The molecule has 0 saturated carbocycles. The molecule has 276 valence electrons. The fourth-order valence-electron chi connectivity index (χ4n) is 6.03. The van der Waals surface area contributed by atoms with E-state index < -0.39 is 0 Å². The van der Waals surface area contributed by atoms with Crippen molar-refractivity contribution in [2.75, 3.05) is 47.5 Å². The summed E-state index contributed by atoms with van der Waals surface area (Å²) >= 11 is 0. The summed E-state index contributed by atoms with van der Waals surface area (Å²) in [7, 11) is 6.77. The average Bonchev–Trinajstić information content (AvgIpc) is 3.01. The third-order valence-corrected chi connectivity index (χ3v) is 8.87. The second kappa shape index (κ2) is 39.1. The number of nitrogens with zero attached hydrogens (tertiary/aromatic N) is 1. The van der Waals surface area contributed by atoms with Gasteiger partial charge < -0.3 is 26.4 Å². The maximum absolute atomic E-state index is 6.32. The number of allylic oxidation sites excluding steroid dienone is 4. The Morgan fingerprint density at radius 1 is 0.435 bits per heavy atom. The number of hydrogen-bond acceptors (Lipinski definition) is 2. The van der Waals surface area contributed by atoms with Crippen molar-refractivity contribution in [3.05, 3.63) is 24.3 Å². The van der Waals surface area contributed by atoms with Crippen LogP contribution in [0.15, 0.2) is 24.3 Å². The second-order valence-electron chi connectivity index (χ2n) is 14.9. The molecule has 0 bridgehead atoms. The molecule has 0 unspecified atom stereocenters. The minimum absolute atomic E-state index is 0. The van der Waals surface area contributed by atoms with Gasteiger partial charge in [0.25, 0.3) is 0 Å². The van der Waals surface area contributed by atoms with Crippen LogP contribution in [0.5, 0.6) is 0 Å². The Morgan fingerprint density at radius 3 is 1.13 bits per heavy atom. The zero-order chi connectivity index (χ0) is 32.9. The van der Waals surface area contributed by atoms with Gasteiger partial charge in [0.05, 0.1) is 27.7 Å². The Morgan fingerprint density at radius 2 is 0.761 bits per heavy atom. The van der Waals surface area contributed by atoms with Crippen LogP contribution >= 0.6 is 0 Å². The minimum Gasteiger partial charge on any atom is -1.00 e. The highest BCUT2D eigenvalue weighted by molar-refractivity contribution is 4.82. The third kappa shape index (κ3) is 41.7. The van der Waals surface area contributed by atoms with E-state index in [1.807, 2.05) is 0 Å². The standard InChI is InChI=1S/C42H84NO2.ClH/c1-6-8-10-12-14-16-18-20-22-24-26-28-30-32-34-36-38-44-41-42(40-43(3,4)5)45-39-37-35-33-31-29-27-25-23-21-19-17-15-13-11-9-7-2;/h20-23,42H,6-19,24-41H2,1-5H3;1H/q+1;/p-1/b22-20-,23-21-;/t42-;/m1./s1. The van der Waals surface area contributed by atoms with Gasteiger partial charge in [0.2, 0.25) is 0 Å². The number of likely N-dealkylation sites (N-methyl/N-ethyl adjacent to an activating group) is 1. The Bertz CT molecular complexity index is 615. The van der Waals surface area contributed by atoms with Crippen molar-refractivity contribution < 1.29 is 26.4 Å². The van der Waals surface area contributed by atoms with Gasteiger partial charge in [0.15, 0.2) is 0 Å². The lowest BCUT2D eigenvalue weighted by molar-refractivity contribution is -0.873. The molecule has 0 rings (SSSR count). The summed E-state index contributed by atoms with van der Waals surface area (Å²) in [5.41, 5.74) is 0. The highest BCUT2D eigenvalue weighted by Gasteiger charge is 2.19. The van der Waals surface area contributed by atoms with Crippen molar-refractivity contribution in [3.63, 3.8) is 0 Å². The maximum Gasteiger partial charge on any atom is 0.130 e. The molecule has 0 radical (unpaired) electrons. The van der Waals surface area contributed by atoms with E-state index in [9.17, 15) is 0 Å². The normalized spacial score (nSPS) is 12.8. The first-order chi connectivity index (χ1) is 22.0. The largest absolute Gasteiger partial charge is 1.00 e. The van der Waals surface area contributed by atoms with Crippen LogP contribution in [0.1, 0.15) is 194 Å². The molecular formula is C42H84ClNO2. The maximum atomic E-state index is 6.32. The van der Waals surface area contributed by atoms with E-state index in [1.54, 1.807) is 0 Å². The lowest BCUT2D eigenvalue weighted by Gasteiger charge is -2.29. The number of quaternary nitrogens is 1. The summed E-state index contributed by atoms with van der Waals surface area (Å²) in [6.07, 6.45) is 47.6. The van der Waals surface area contributed by atoms with E-state index in [0.29, 0.717) is 0 Å². The Balaban J connectivity index is 0. The van der Waals surface area contributed by atoms with Crippen LogP contribution in [0.2, 0.25) is 0 Å². The second-order valence-corrected chi connectivity index (χ2v) is 14.9. The predicted octanol–water partition coefficient (Wildman–Crippen LogP) is 10.2. The van der Waals surface area contributed by atoms with E-state index in [-0.39, 0.29) is 18.5 Å². The quantitative estimate of drug-likeness (QED) is 0.0372. The summed E-state index contributed by atoms with van der Waals surface area (Å²) < 4.78 is 13.3. The number of hydrogen-bond donors (Lipinski definition) is 0. The third-order valence-electron chi connectivity index (χ3n) is 8.87. The average molecular weight is 671 g/mol. The molecule has 0 amide bonds. The summed E-state index contributed by atoms with van der Waals surface area (Å²) in [4.78, 5) is 0. The molecule has 46 heavy (non-hydrogen) atoms. The van der Waals surface area contributed by atoms with E-state index in [2.05, 4.69) is 59.3 Å². The molecule has 0 aliphatic carbocycles. The summed E-state index contributed by atoms with van der Waals surface area (Å²) in [5, 5.41) is 0. The van der Waals surface area contributed by atoms with Crippen LogP contribution in [0.3, 0.4) is 0 Å². The summed E-state index contributed by atoms with van der Waals surface area (Å²) in [6, 6.07) is 0. The van der Waals surface area contributed by atoms with Crippen LogP contribution in [0.25, 0.3) is 0 Å². The first kappa shape index (κ1) is 47.8. The van der Waals surface area contributed by atoms with Crippen LogP contribution in [0, 0.1) is 0 Å². The fraction of sp³-hybridized carbons (Fsp3) is 0.905.